The van der Waals surface area contributed by atoms with Gasteiger partial charge in [-0.1, -0.05) is 29.8 Å². The topological polar surface area (TPSA) is 76.3 Å². The molecule has 1 amide bonds. The van der Waals surface area contributed by atoms with Gasteiger partial charge in [0.15, 0.2) is 0 Å². The molecule has 0 aliphatic carbocycles. The zero-order valence-corrected chi connectivity index (χ0v) is 18.3. The Kier molecular flexibility index (Phi) is 7.10. The van der Waals surface area contributed by atoms with Gasteiger partial charge in [0.1, 0.15) is 24.0 Å². The second-order valence-corrected chi connectivity index (χ2v) is 8.05. The molecule has 0 saturated carbocycles. The van der Waals surface area contributed by atoms with Gasteiger partial charge in [-0.2, -0.15) is 5.26 Å². The van der Waals surface area contributed by atoms with Gasteiger partial charge in [0.2, 0.25) is 0 Å². The minimum Gasteiger partial charge on any atom is -0.492 e. The van der Waals surface area contributed by atoms with E-state index < -0.39 is 0 Å². The number of halogens is 1. The summed E-state index contributed by atoms with van der Waals surface area (Å²) in [6.45, 7) is 2.23. The number of amides is 1. The smallest absolute Gasteiger partial charge is 0.262 e. The number of carbonyl (C=O) groups is 1. The van der Waals surface area contributed by atoms with Crippen LogP contribution in [0.5, 0.6) is 5.75 Å². The molecule has 3 aromatic rings. The summed E-state index contributed by atoms with van der Waals surface area (Å²) in [6, 6.07) is 17.2. The number of nitrogens with zero attached hydrogens (tertiary/aromatic N) is 2. The molecule has 0 radical (unpaired) electrons. The van der Waals surface area contributed by atoms with Gasteiger partial charge in [-0.15, -0.1) is 0 Å². The summed E-state index contributed by atoms with van der Waals surface area (Å²) in [5.74, 6) is 0.367. The summed E-state index contributed by atoms with van der Waals surface area (Å²) >= 11 is 5.92. The van der Waals surface area contributed by atoms with Crippen LogP contribution >= 0.6 is 11.6 Å². The van der Waals surface area contributed by atoms with Crippen molar-refractivity contribution in [2.45, 2.75) is 25.5 Å². The summed E-state index contributed by atoms with van der Waals surface area (Å²) in [4.78, 5) is 12.5. The fraction of sp³-hybridized carbons (Fsp3) is 0.280. The molecule has 1 fully saturated rings. The average Bonchev–Trinajstić information content (AvgIpc) is 3.45. The van der Waals surface area contributed by atoms with Crippen LogP contribution in [0.1, 0.15) is 18.4 Å². The number of para-hydroxylation sites is 1. The van der Waals surface area contributed by atoms with E-state index in [2.05, 4.69) is 9.88 Å². The molecule has 1 aromatic heterocycles. The number of aromatic nitrogens is 1. The minimum atomic E-state index is -0.383. The molecule has 6 nitrogen and oxygen atoms in total. The zero-order valence-electron chi connectivity index (χ0n) is 17.6. The van der Waals surface area contributed by atoms with Crippen LogP contribution in [0.2, 0.25) is 5.02 Å². The number of carbonyl (C=O) groups excluding carboxylic acids is 1. The van der Waals surface area contributed by atoms with Crippen LogP contribution in [-0.4, -0.2) is 36.3 Å². The highest BCUT2D eigenvalue weighted by Crippen LogP contribution is 2.24. The largest absolute Gasteiger partial charge is 0.492 e. The van der Waals surface area contributed by atoms with Gasteiger partial charge in [-0.05, 0) is 49.2 Å². The molecule has 1 aliphatic heterocycles. The number of nitriles is 1. The first-order chi connectivity index (χ1) is 15.6. The number of rotatable bonds is 8. The normalized spacial score (nSPS) is 16.1. The van der Waals surface area contributed by atoms with Crippen molar-refractivity contribution in [1.82, 2.24) is 9.88 Å². The third-order valence-corrected chi connectivity index (χ3v) is 5.67. The molecule has 0 unspecified atom stereocenters. The number of hydrogen-bond acceptors (Lipinski definition) is 4. The SMILES string of the molecule is N#C/C(=C\c1cn(CCOc2ccc(Cl)cc2)c2ccccc12)C(=O)NC[C@@H]1CCCO1. The van der Waals surface area contributed by atoms with Crippen molar-refractivity contribution >= 4 is 34.5 Å². The molecule has 1 N–H and O–H groups in total. The maximum absolute atomic E-state index is 12.5. The molecule has 164 valence electrons. The number of nitrogens with one attached hydrogen (secondary N) is 1. The molecule has 1 atom stereocenters. The first-order valence-electron chi connectivity index (χ1n) is 10.6. The molecule has 4 rings (SSSR count). The number of benzene rings is 2. The van der Waals surface area contributed by atoms with Gasteiger partial charge in [0.05, 0.1) is 12.6 Å². The Balaban J connectivity index is 1.48. The molecule has 2 heterocycles. The Morgan fingerprint density at radius 2 is 2.09 bits per heavy atom. The van der Waals surface area contributed by atoms with Crippen molar-refractivity contribution in [1.29, 1.82) is 5.26 Å². The monoisotopic (exact) mass is 449 g/mol. The Morgan fingerprint density at radius 3 is 2.84 bits per heavy atom. The van der Waals surface area contributed by atoms with Crippen LogP contribution in [0.15, 0.2) is 60.3 Å². The van der Waals surface area contributed by atoms with E-state index in [1.165, 1.54) is 0 Å². The van der Waals surface area contributed by atoms with Gasteiger partial charge in [-0.3, -0.25) is 4.79 Å². The minimum absolute atomic E-state index is 0.0291. The van der Waals surface area contributed by atoms with Gasteiger partial charge in [0.25, 0.3) is 5.91 Å². The predicted octanol–water partition coefficient (Wildman–Crippen LogP) is 4.58. The summed E-state index contributed by atoms with van der Waals surface area (Å²) in [6.07, 6.45) is 5.55. The highest BCUT2D eigenvalue weighted by molar-refractivity contribution is 6.30. The fourth-order valence-corrected chi connectivity index (χ4v) is 3.91. The fourth-order valence-electron chi connectivity index (χ4n) is 3.78. The molecule has 7 heteroatoms. The van der Waals surface area contributed by atoms with Crippen molar-refractivity contribution in [3.63, 3.8) is 0 Å². The third kappa shape index (κ3) is 5.31. The zero-order chi connectivity index (χ0) is 22.3. The Bertz CT molecular complexity index is 1160. The van der Waals surface area contributed by atoms with Crippen molar-refractivity contribution in [3.05, 3.63) is 70.9 Å². The number of fused-ring (bicyclic) bond motifs is 1. The van der Waals surface area contributed by atoms with E-state index in [-0.39, 0.29) is 17.6 Å². The lowest BCUT2D eigenvalue weighted by Gasteiger charge is -2.10. The highest BCUT2D eigenvalue weighted by Gasteiger charge is 2.18. The summed E-state index contributed by atoms with van der Waals surface area (Å²) in [5, 5.41) is 14.0. The van der Waals surface area contributed by atoms with Gasteiger partial charge >= 0.3 is 0 Å². The molecule has 2 aromatic carbocycles. The van der Waals surface area contributed by atoms with Gasteiger partial charge < -0.3 is 19.4 Å². The maximum atomic E-state index is 12.5. The van der Waals surface area contributed by atoms with E-state index in [1.807, 2.05) is 48.7 Å². The van der Waals surface area contributed by atoms with E-state index in [0.29, 0.717) is 24.7 Å². The van der Waals surface area contributed by atoms with E-state index in [9.17, 15) is 10.1 Å². The van der Waals surface area contributed by atoms with E-state index >= 15 is 0 Å². The second kappa shape index (κ2) is 10.4. The lowest BCUT2D eigenvalue weighted by Crippen LogP contribution is -2.32. The Morgan fingerprint density at radius 1 is 1.28 bits per heavy atom. The lowest BCUT2D eigenvalue weighted by atomic mass is 10.1. The van der Waals surface area contributed by atoms with Crippen LogP contribution in [0.4, 0.5) is 0 Å². The van der Waals surface area contributed by atoms with Crippen molar-refractivity contribution in [2.24, 2.45) is 0 Å². The highest BCUT2D eigenvalue weighted by atomic mass is 35.5. The summed E-state index contributed by atoms with van der Waals surface area (Å²) in [7, 11) is 0. The molecular weight excluding hydrogens is 426 g/mol. The summed E-state index contributed by atoms with van der Waals surface area (Å²) < 4.78 is 13.4. The standard InChI is InChI=1S/C25H24ClN3O3/c26-20-7-9-21(10-8-20)32-13-11-29-17-19(23-5-1-2-6-24(23)29)14-18(15-27)25(30)28-16-22-4-3-12-31-22/h1-2,5-10,14,17,22H,3-4,11-13,16H2,(H,28,30)/b18-14+/t22-/m0/s1. The van der Waals surface area contributed by atoms with E-state index in [1.54, 1.807) is 18.2 Å². The van der Waals surface area contributed by atoms with Crippen LogP contribution in [0, 0.1) is 11.3 Å². The van der Waals surface area contributed by atoms with Crippen LogP contribution in [0.25, 0.3) is 17.0 Å². The molecule has 0 spiro atoms. The number of ether oxygens (including phenoxy) is 2. The van der Waals surface area contributed by atoms with Crippen molar-refractivity contribution < 1.29 is 14.3 Å². The average molecular weight is 450 g/mol. The lowest BCUT2D eigenvalue weighted by molar-refractivity contribution is -0.117. The van der Waals surface area contributed by atoms with E-state index in [4.69, 9.17) is 21.1 Å². The Labute approximate surface area is 192 Å². The number of hydrogen-bond donors (Lipinski definition) is 1. The van der Waals surface area contributed by atoms with Crippen LogP contribution < -0.4 is 10.1 Å². The van der Waals surface area contributed by atoms with E-state index in [0.717, 1.165) is 41.7 Å². The summed E-state index contributed by atoms with van der Waals surface area (Å²) in [5.41, 5.74) is 1.90. The van der Waals surface area contributed by atoms with Crippen molar-refractivity contribution in [3.8, 4) is 11.8 Å². The molecule has 0 bridgehead atoms. The molecule has 1 saturated heterocycles. The van der Waals surface area contributed by atoms with Crippen molar-refractivity contribution in [2.75, 3.05) is 19.8 Å². The third-order valence-electron chi connectivity index (χ3n) is 5.41. The van der Waals surface area contributed by atoms with Gasteiger partial charge in [0, 0.05) is 40.8 Å². The van der Waals surface area contributed by atoms with Gasteiger partial charge in [-0.25, -0.2) is 0 Å². The quantitative estimate of drug-likeness (QED) is 0.403. The first kappa shape index (κ1) is 21.9. The second-order valence-electron chi connectivity index (χ2n) is 7.61. The Hall–Kier alpha value is -3.27. The maximum Gasteiger partial charge on any atom is 0.262 e. The molecular formula is C25H24ClN3O3. The molecule has 1 aliphatic rings. The van der Waals surface area contributed by atoms with Crippen LogP contribution in [0.3, 0.4) is 0 Å². The van der Waals surface area contributed by atoms with Crippen LogP contribution in [-0.2, 0) is 16.1 Å². The first-order valence-corrected chi connectivity index (χ1v) is 11.0. The predicted molar refractivity (Wildman–Crippen MR) is 124 cm³/mol. The molecule has 32 heavy (non-hydrogen) atoms.